The highest BCUT2D eigenvalue weighted by molar-refractivity contribution is 5.76. The number of carbonyl (C=O) groups is 1. The third-order valence-corrected chi connectivity index (χ3v) is 5.59. The summed E-state index contributed by atoms with van der Waals surface area (Å²) in [6, 6.07) is 16.0. The van der Waals surface area contributed by atoms with Crippen LogP contribution in [0.5, 0.6) is 0 Å². The molecular formula is C27H24F6N2O. The summed E-state index contributed by atoms with van der Waals surface area (Å²) in [7, 11) is 0. The largest absolute Gasteiger partial charge is 0.335 e. The fraction of sp³-hybridized carbons (Fsp3) is 0.222. The molecule has 0 fully saturated rings. The molecule has 0 bridgehead atoms. The summed E-state index contributed by atoms with van der Waals surface area (Å²) in [5, 5.41) is 5.33. The molecule has 0 saturated heterocycles. The van der Waals surface area contributed by atoms with Gasteiger partial charge in [-0.2, -0.15) is 8.78 Å². The Hall–Kier alpha value is -3.75. The van der Waals surface area contributed by atoms with Gasteiger partial charge in [-0.1, -0.05) is 54.6 Å². The van der Waals surface area contributed by atoms with Crippen LogP contribution >= 0.6 is 0 Å². The van der Waals surface area contributed by atoms with Crippen molar-refractivity contribution in [2.45, 2.75) is 30.7 Å². The molecule has 0 spiro atoms. The molecule has 36 heavy (non-hydrogen) atoms. The van der Waals surface area contributed by atoms with E-state index >= 15 is 0 Å². The highest BCUT2D eigenvalue weighted by Crippen LogP contribution is 2.36. The fourth-order valence-corrected chi connectivity index (χ4v) is 3.95. The minimum absolute atomic E-state index is 0.00904. The smallest absolute Gasteiger partial charge is 0.316 e. The Bertz CT molecular complexity index is 1180. The third kappa shape index (κ3) is 6.47. The van der Waals surface area contributed by atoms with Crippen molar-refractivity contribution in [3.05, 3.63) is 119 Å². The number of rotatable bonds is 10. The molecule has 3 aromatic rings. The van der Waals surface area contributed by atoms with Crippen molar-refractivity contribution in [2.24, 2.45) is 0 Å². The maximum absolute atomic E-state index is 14.8. The molecule has 0 aliphatic heterocycles. The number of alkyl halides is 4. The first-order valence-corrected chi connectivity index (χ1v) is 11.0. The highest BCUT2D eigenvalue weighted by Gasteiger charge is 2.42. The van der Waals surface area contributed by atoms with Gasteiger partial charge >= 0.3 is 18.4 Å². The molecule has 0 aliphatic rings. The second-order valence-electron chi connectivity index (χ2n) is 8.28. The lowest BCUT2D eigenvalue weighted by Gasteiger charge is -2.37. The molecule has 0 radical (unpaired) electrons. The van der Waals surface area contributed by atoms with Crippen LogP contribution in [0.25, 0.3) is 0 Å². The van der Waals surface area contributed by atoms with E-state index in [2.05, 4.69) is 17.2 Å². The maximum Gasteiger partial charge on any atom is 0.316 e. The first-order valence-electron chi connectivity index (χ1n) is 11.0. The summed E-state index contributed by atoms with van der Waals surface area (Å²) in [5.74, 6) is -5.92. The standard InChI is InChI=1S/C27H24F6N2O/c1-2-12-34-25(36)35-26(16-18-6-4-3-5-7-18,20-8-10-22(28)11-9-20)21-13-19(14-23(29)15-21)17-27(32,33)24(30)31/h2-11,13-15,24H,1,12,16-17H2,(H2,34,35,36)/t26-/m1/s1. The Morgan fingerprint density at radius 1 is 0.861 bits per heavy atom. The fourth-order valence-electron chi connectivity index (χ4n) is 3.95. The van der Waals surface area contributed by atoms with Crippen molar-refractivity contribution in [3.63, 3.8) is 0 Å². The van der Waals surface area contributed by atoms with Crippen LogP contribution < -0.4 is 10.6 Å². The van der Waals surface area contributed by atoms with Gasteiger partial charge < -0.3 is 10.6 Å². The van der Waals surface area contributed by atoms with Gasteiger partial charge in [0, 0.05) is 19.4 Å². The first-order chi connectivity index (χ1) is 17.1. The number of nitrogens with one attached hydrogen (secondary N) is 2. The van der Waals surface area contributed by atoms with Gasteiger partial charge in [-0.25, -0.2) is 22.4 Å². The van der Waals surface area contributed by atoms with Crippen LogP contribution in [0.2, 0.25) is 0 Å². The van der Waals surface area contributed by atoms with E-state index in [1.54, 1.807) is 30.3 Å². The van der Waals surface area contributed by atoms with Gasteiger partial charge in [0.1, 0.15) is 11.6 Å². The summed E-state index contributed by atoms with van der Waals surface area (Å²) >= 11 is 0. The Morgan fingerprint density at radius 2 is 1.53 bits per heavy atom. The zero-order chi connectivity index (χ0) is 26.3. The van der Waals surface area contributed by atoms with Crippen LogP contribution in [0, 0.1) is 11.6 Å². The molecule has 1 atom stereocenters. The molecule has 0 aliphatic carbocycles. The Kier molecular flexibility index (Phi) is 8.45. The van der Waals surface area contributed by atoms with Crippen LogP contribution in [0.3, 0.4) is 0 Å². The normalized spacial score (nSPS) is 13.2. The summed E-state index contributed by atoms with van der Waals surface area (Å²) in [6.07, 6.45) is -3.92. The quantitative estimate of drug-likeness (QED) is 0.243. The van der Waals surface area contributed by atoms with Crippen molar-refractivity contribution in [3.8, 4) is 0 Å². The summed E-state index contributed by atoms with van der Waals surface area (Å²) in [4.78, 5) is 12.9. The van der Waals surface area contributed by atoms with Gasteiger partial charge in [0.15, 0.2) is 0 Å². The van der Waals surface area contributed by atoms with Crippen molar-refractivity contribution in [2.75, 3.05) is 6.54 Å². The van der Waals surface area contributed by atoms with Crippen molar-refractivity contribution in [1.82, 2.24) is 10.6 Å². The monoisotopic (exact) mass is 506 g/mol. The molecule has 3 rings (SSSR count). The summed E-state index contributed by atoms with van der Waals surface area (Å²) in [5.41, 5.74) is -0.958. The molecular weight excluding hydrogens is 482 g/mol. The minimum Gasteiger partial charge on any atom is -0.335 e. The topological polar surface area (TPSA) is 41.1 Å². The Labute approximate surface area is 204 Å². The second kappa shape index (κ2) is 11.3. The van der Waals surface area contributed by atoms with Gasteiger partial charge in [-0.05, 0) is 46.5 Å². The van der Waals surface area contributed by atoms with E-state index in [-0.39, 0.29) is 24.1 Å². The van der Waals surface area contributed by atoms with Gasteiger partial charge in [-0.15, -0.1) is 6.58 Å². The number of halogens is 6. The van der Waals surface area contributed by atoms with Crippen LogP contribution in [-0.2, 0) is 18.4 Å². The molecule has 9 heteroatoms. The average molecular weight is 506 g/mol. The van der Waals surface area contributed by atoms with Crippen LogP contribution in [-0.4, -0.2) is 24.9 Å². The van der Waals surface area contributed by atoms with Crippen LogP contribution in [0.1, 0.15) is 22.3 Å². The zero-order valence-corrected chi connectivity index (χ0v) is 19.1. The van der Waals surface area contributed by atoms with Gasteiger partial charge in [0.05, 0.1) is 5.54 Å². The summed E-state index contributed by atoms with van der Waals surface area (Å²) < 4.78 is 82.0. The second-order valence-corrected chi connectivity index (χ2v) is 8.28. The molecule has 0 aromatic heterocycles. The zero-order valence-electron chi connectivity index (χ0n) is 19.1. The number of hydrogen-bond acceptors (Lipinski definition) is 1. The lowest BCUT2D eigenvalue weighted by Crippen LogP contribution is -2.52. The van der Waals surface area contributed by atoms with Gasteiger partial charge in [-0.3, -0.25) is 0 Å². The Morgan fingerprint density at radius 3 is 2.14 bits per heavy atom. The molecule has 190 valence electrons. The molecule has 3 nitrogen and oxygen atoms in total. The van der Waals surface area contributed by atoms with E-state index in [0.29, 0.717) is 11.1 Å². The van der Waals surface area contributed by atoms with E-state index < -0.39 is 42.0 Å². The van der Waals surface area contributed by atoms with Crippen LogP contribution in [0.15, 0.2) is 85.5 Å². The van der Waals surface area contributed by atoms with Crippen molar-refractivity contribution >= 4 is 6.03 Å². The average Bonchev–Trinajstić information content (AvgIpc) is 2.82. The van der Waals surface area contributed by atoms with Gasteiger partial charge in [0.25, 0.3) is 0 Å². The van der Waals surface area contributed by atoms with Crippen molar-refractivity contribution in [1.29, 1.82) is 0 Å². The molecule has 0 saturated carbocycles. The number of benzene rings is 3. The predicted octanol–water partition coefficient (Wildman–Crippen LogP) is 6.38. The molecule has 2 amide bonds. The lowest BCUT2D eigenvalue weighted by molar-refractivity contribution is -0.127. The highest BCUT2D eigenvalue weighted by atomic mass is 19.3. The Balaban J connectivity index is 2.23. The maximum atomic E-state index is 14.8. The molecule has 2 N–H and O–H groups in total. The molecule has 0 heterocycles. The predicted molar refractivity (Wildman–Crippen MR) is 125 cm³/mol. The molecule has 3 aromatic carbocycles. The number of hydrogen-bond donors (Lipinski definition) is 2. The number of carbonyl (C=O) groups excluding carboxylic acids is 1. The van der Waals surface area contributed by atoms with E-state index in [4.69, 9.17) is 0 Å². The van der Waals surface area contributed by atoms with Gasteiger partial charge in [0.2, 0.25) is 0 Å². The lowest BCUT2D eigenvalue weighted by atomic mass is 9.77. The number of amides is 2. The SMILES string of the molecule is C=CCNC(=O)N[C@](Cc1ccccc1)(c1ccc(F)cc1)c1cc(F)cc(CC(F)(F)C(F)F)c1. The molecule has 0 unspecified atom stereocenters. The van der Waals surface area contributed by atoms with E-state index in [1.165, 1.54) is 18.2 Å². The van der Waals surface area contributed by atoms with Crippen LogP contribution in [0.4, 0.5) is 31.1 Å². The van der Waals surface area contributed by atoms with E-state index in [9.17, 15) is 31.1 Å². The van der Waals surface area contributed by atoms with Crippen molar-refractivity contribution < 1.29 is 31.1 Å². The number of urea groups is 1. The van der Waals surface area contributed by atoms with E-state index in [1.807, 2.05) is 0 Å². The van der Waals surface area contributed by atoms with E-state index in [0.717, 1.165) is 30.3 Å². The summed E-state index contributed by atoms with van der Waals surface area (Å²) in [6.45, 7) is 3.62. The first kappa shape index (κ1) is 26.8. The minimum atomic E-state index is -4.39. The third-order valence-electron chi connectivity index (χ3n) is 5.59.